The largest absolute Gasteiger partial charge is 2.00 e. The molecule has 7 rings (SSSR count). The molecule has 17 heteroatoms. The molecule has 0 spiro atoms. The van der Waals surface area contributed by atoms with Crippen molar-refractivity contribution in [1.82, 2.24) is 0 Å². The molecule has 5 aliphatic rings. The number of aromatic hydroxyl groups is 2. The zero-order chi connectivity index (χ0) is 57.7. The van der Waals surface area contributed by atoms with Crippen LogP contribution in [0.25, 0.3) is 0 Å². The van der Waals surface area contributed by atoms with Crippen molar-refractivity contribution in [3.05, 3.63) is 58.7 Å². The first-order chi connectivity index (χ1) is 38.1. The van der Waals surface area contributed by atoms with Crippen molar-refractivity contribution in [3.8, 4) is 11.5 Å². The van der Waals surface area contributed by atoms with Gasteiger partial charge in [0, 0.05) is 12.8 Å². The fourth-order valence-corrected chi connectivity index (χ4v) is 13.2. The number of rotatable bonds is 12. The fraction of sp³-hybridized carbons (Fsp3) is 0.750. The normalized spacial score (nSPS) is 31.0. The van der Waals surface area contributed by atoms with Crippen LogP contribution in [0.1, 0.15) is 227 Å². The summed E-state index contributed by atoms with van der Waals surface area (Å²) in [5.41, 5.74) is -0.609. The van der Waals surface area contributed by atoms with Crippen molar-refractivity contribution in [2.75, 3.05) is 0 Å². The Bertz CT molecular complexity index is 2180. The number of carbonyl (C=O) groups excluding carboxylic acids is 2. The average Bonchev–Trinajstić information content (AvgIpc) is 3.42. The summed E-state index contributed by atoms with van der Waals surface area (Å²) in [6.45, 7) is 10.7. The molecule has 81 heavy (non-hydrogen) atoms. The molecule has 2 aromatic carbocycles. The number of benzene rings is 2. The molecule has 6 N–H and O–H groups in total. The van der Waals surface area contributed by atoms with E-state index in [4.69, 9.17) is 28.4 Å². The molecular formula is C64H96MnO16+2. The van der Waals surface area contributed by atoms with E-state index in [1.165, 1.54) is 12.1 Å². The van der Waals surface area contributed by atoms with Crippen molar-refractivity contribution in [2.24, 2.45) is 22.7 Å². The van der Waals surface area contributed by atoms with Gasteiger partial charge >= 0.3 is 40.9 Å². The van der Waals surface area contributed by atoms with Crippen molar-refractivity contribution >= 4 is 23.9 Å². The minimum absolute atomic E-state index is 0. The Balaban J connectivity index is 0.0000106. The first kappa shape index (κ1) is 66.3. The van der Waals surface area contributed by atoms with Crippen LogP contribution in [0.5, 0.6) is 11.5 Å². The topological polar surface area (TPSA) is 245 Å². The predicted molar refractivity (Wildman–Crippen MR) is 301 cm³/mol. The van der Waals surface area contributed by atoms with Gasteiger partial charge < -0.3 is 59.1 Å². The minimum atomic E-state index is -1.09. The molecule has 0 aliphatic carbocycles. The summed E-state index contributed by atoms with van der Waals surface area (Å²) in [5.74, 6) is -3.90. The number of carboxylic acids is 2. The predicted octanol–water partition coefficient (Wildman–Crippen LogP) is 11.6. The van der Waals surface area contributed by atoms with Crippen molar-refractivity contribution < 1.29 is 95.3 Å². The summed E-state index contributed by atoms with van der Waals surface area (Å²) in [6.07, 6.45) is 11.7. The Morgan fingerprint density at radius 2 is 0.840 bits per heavy atom. The van der Waals surface area contributed by atoms with Gasteiger partial charge in [0.2, 0.25) is 0 Å². The maximum absolute atomic E-state index is 14.4. The molecule has 5 heterocycles. The Hall–Kier alpha value is -3.80. The second-order valence-electron chi connectivity index (χ2n) is 25.7. The molecule has 5 aliphatic heterocycles. The Morgan fingerprint density at radius 1 is 0.494 bits per heavy atom. The zero-order valence-electron chi connectivity index (χ0n) is 49.1. The van der Waals surface area contributed by atoms with Crippen LogP contribution in [0.3, 0.4) is 0 Å². The third kappa shape index (κ3) is 18.6. The first-order valence-electron chi connectivity index (χ1n) is 30.6. The number of phenols is 2. The maximum Gasteiger partial charge on any atom is 2.00 e. The SMILES string of the molecule is C[C@H]1CC[C@@H]2CCC[C@H](CCCc3cccc(O)c3C(=O)O[C@H](C[C@@H](O)C[C@@H]3CCC[C@H](C(C)(C)C(=O)O)O3)[C@@H](C)CC[C@@H]3CCC[C@H](CCCc4cccc(O)c4C(=O)O[C@@H]1C[C@@H](O)C[C@@H]1CCC[C@H](C(C)(C)C(=O)O)O1)O3)O2.[Mn+2]. The van der Waals surface area contributed by atoms with Gasteiger partial charge in [0.15, 0.2) is 0 Å². The molecule has 1 radical (unpaired) electrons. The maximum atomic E-state index is 14.4. The summed E-state index contributed by atoms with van der Waals surface area (Å²) < 4.78 is 38.9. The third-order valence-corrected chi connectivity index (χ3v) is 18.6. The van der Waals surface area contributed by atoms with Gasteiger partial charge in [-0.15, -0.1) is 0 Å². The molecule has 0 amide bonds. The molecule has 453 valence electrons. The molecule has 14 atom stereocenters. The average molecular weight is 1180 g/mol. The molecule has 16 nitrogen and oxygen atoms in total. The van der Waals surface area contributed by atoms with Gasteiger partial charge in [0.05, 0.1) is 71.9 Å². The molecule has 2 aromatic rings. The van der Waals surface area contributed by atoms with Crippen LogP contribution in [0, 0.1) is 22.7 Å². The number of esters is 2. The number of phenolic OH excluding ortho intramolecular Hbond substituents is 2. The number of ether oxygens (including phenoxy) is 6. The Kier molecular flexibility index (Phi) is 25.3. The van der Waals surface area contributed by atoms with Crippen LogP contribution in [0.15, 0.2) is 36.4 Å². The number of hydrogen-bond acceptors (Lipinski definition) is 14. The Labute approximate surface area is 491 Å². The number of aryl methyl sites for hydroxylation is 2. The Morgan fingerprint density at radius 3 is 1.21 bits per heavy atom. The zero-order valence-corrected chi connectivity index (χ0v) is 50.3. The molecule has 0 unspecified atom stereocenters. The second-order valence-corrected chi connectivity index (χ2v) is 25.7. The van der Waals surface area contributed by atoms with E-state index in [1.807, 2.05) is 26.0 Å². The van der Waals surface area contributed by atoms with Gasteiger partial charge in [-0.2, -0.15) is 0 Å². The van der Waals surface area contributed by atoms with E-state index in [0.29, 0.717) is 88.2 Å². The van der Waals surface area contributed by atoms with E-state index >= 15 is 0 Å². The van der Waals surface area contributed by atoms with Crippen LogP contribution >= 0.6 is 0 Å². The summed E-state index contributed by atoms with van der Waals surface area (Å²) in [7, 11) is 0. The summed E-state index contributed by atoms with van der Waals surface area (Å²) in [6, 6.07) is 10.2. The quantitative estimate of drug-likeness (QED) is 0.0854. The number of aliphatic hydroxyl groups is 2. The number of carboxylic acid groups (broad SMARTS) is 2. The third-order valence-electron chi connectivity index (χ3n) is 18.6. The van der Waals surface area contributed by atoms with Crippen LogP contribution in [-0.2, 0) is 67.9 Å². The number of carbonyl (C=O) groups is 4. The summed E-state index contributed by atoms with van der Waals surface area (Å²) in [4.78, 5) is 53.1. The fourth-order valence-electron chi connectivity index (χ4n) is 13.2. The smallest absolute Gasteiger partial charge is 0.507 e. The summed E-state index contributed by atoms with van der Waals surface area (Å²) >= 11 is 0. The van der Waals surface area contributed by atoms with Gasteiger partial charge in [-0.1, -0.05) is 38.1 Å². The molecule has 4 saturated heterocycles. The molecular weight excluding hydrogens is 1080 g/mol. The number of aliphatic carboxylic acids is 2. The second kappa shape index (κ2) is 30.8. The number of hydrogen-bond donors (Lipinski definition) is 6. The first-order valence-corrected chi connectivity index (χ1v) is 30.6. The van der Waals surface area contributed by atoms with Gasteiger partial charge in [0.25, 0.3) is 0 Å². The molecule has 0 saturated carbocycles. The van der Waals surface area contributed by atoms with Gasteiger partial charge in [-0.3, -0.25) is 9.59 Å². The molecule has 4 fully saturated rings. The minimum Gasteiger partial charge on any atom is -0.507 e. The van der Waals surface area contributed by atoms with Crippen molar-refractivity contribution in [3.63, 3.8) is 0 Å². The van der Waals surface area contributed by atoms with Crippen LogP contribution in [0.2, 0.25) is 0 Å². The number of cyclic esters (lactones) is 2. The molecule has 0 aromatic heterocycles. The number of aliphatic hydroxyl groups excluding tert-OH is 2. The van der Waals surface area contributed by atoms with E-state index in [1.54, 1.807) is 39.8 Å². The van der Waals surface area contributed by atoms with E-state index in [2.05, 4.69) is 0 Å². The van der Waals surface area contributed by atoms with E-state index in [9.17, 15) is 49.8 Å². The summed E-state index contributed by atoms with van der Waals surface area (Å²) in [5, 5.41) is 65.8. The van der Waals surface area contributed by atoms with E-state index in [-0.39, 0.29) is 114 Å². The van der Waals surface area contributed by atoms with Crippen LogP contribution in [-0.4, -0.2) is 128 Å². The van der Waals surface area contributed by atoms with Crippen molar-refractivity contribution in [2.45, 2.75) is 282 Å². The molecule has 4 bridgehead atoms. The van der Waals surface area contributed by atoms with Crippen LogP contribution < -0.4 is 0 Å². The van der Waals surface area contributed by atoms with E-state index < -0.39 is 71.3 Å². The van der Waals surface area contributed by atoms with Crippen LogP contribution in [0.4, 0.5) is 0 Å². The van der Waals surface area contributed by atoms with Gasteiger partial charge in [0.1, 0.15) is 34.8 Å². The van der Waals surface area contributed by atoms with Crippen molar-refractivity contribution in [1.29, 1.82) is 0 Å². The standard InChI is InChI=1S/C64H96O16.Mn/c1-39-31-33-47-23-11-21-45(75-47)19-8-16-42-18-10-28-52(68)58(42)60(70)80-54(38-44(66)36-50-26-14-30-56(78-50)64(5,6)62(73)74)40(2)32-34-48-24-12-22-46(76-48)20-7-15-41-17-9-27-51(67)57(41)59(69)79-53(39)37-43(65)35-49-25-13-29-55(77-49)63(3,4)61(71)72;/h9-10,17-18,27-28,39-40,43-50,53-56,65-68H,7-8,11-16,19-26,29-38H2,1-6H3,(H,71,72)(H,73,74);/q;+2/t39-,40-,43-,44-,45-,46-,47-,48-,49-,50-,53+,54+,55+,56+;/m0./s1. The monoisotopic (exact) mass is 1180 g/mol. The van der Waals surface area contributed by atoms with E-state index in [0.717, 1.165) is 64.2 Å². The van der Waals surface area contributed by atoms with Gasteiger partial charge in [-0.05, 0) is 217 Å². The van der Waals surface area contributed by atoms with Gasteiger partial charge in [-0.25, -0.2) is 9.59 Å². The number of fused-ring (bicyclic) bond motifs is 6.